The highest BCUT2D eigenvalue weighted by atomic mass is 33.1. The van der Waals surface area contributed by atoms with Gasteiger partial charge in [-0.05, 0) is 25.4 Å². The van der Waals surface area contributed by atoms with Crippen LogP contribution in [0.4, 0.5) is 0 Å². The second kappa shape index (κ2) is 11.9. The molecule has 0 aliphatic carbocycles. The maximum atomic E-state index is 9.24. The highest BCUT2D eigenvalue weighted by Gasteiger charge is 2.19. The van der Waals surface area contributed by atoms with Gasteiger partial charge in [0.1, 0.15) is 0 Å². The van der Waals surface area contributed by atoms with Gasteiger partial charge in [0.25, 0.3) is 0 Å². The van der Waals surface area contributed by atoms with Gasteiger partial charge in [-0.2, -0.15) is 0 Å². The van der Waals surface area contributed by atoms with E-state index in [0.29, 0.717) is 6.04 Å². The van der Waals surface area contributed by atoms with Gasteiger partial charge in [0.15, 0.2) is 0 Å². The highest BCUT2D eigenvalue weighted by Crippen LogP contribution is 2.25. The highest BCUT2D eigenvalue weighted by molar-refractivity contribution is 8.76. The van der Waals surface area contributed by atoms with Crippen LogP contribution in [0, 0.1) is 0 Å². The van der Waals surface area contributed by atoms with E-state index in [1.165, 1.54) is 44.3 Å². The molecule has 0 aliphatic rings. The molecule has 0 spiro atoms. The summed E-state index contributed by atoms with van der Waals surface area (Å²) in [5.74, 6) is 2.29. The Morgan fingerprint density at radius 2 is 1.35 bits per heavy atom. The second-order valence-corrected chi connectivity index (χ2v) is 10.4. The molecule has 0 fully saturated rings. The van der Waals surface area contributed by atoms with E-state index in [1.54, 1.807) is 6.55 Å². The molecule has 0 heterocycles. The topological polar surface area (TPSA) is 40.5 Å². The number of rotatable bonds is 12. The molecule has 0 saturated carbocycles. The molecule has 0 rings (SSSR count). The van der Waals surface area contributed by atoms with Crippen molar-refractivity contribution in [2.45, 2.75) is 64.5 Å². The smallest absolute Gasteiger partial charge is 0.329 e. The van der Waals surface area contributed by atoms with E-state index in [4.69, 9.17) is 0 Å². The van der Waals surface area contributed by atoms with Crippen LogP contribution in [0.2, 0.25) is 12.6 Å². The van der Waals surface area contributed by atoms with Crippen LogP contribution in [-0.4, -0.2) is 29.7 Å². The van der Waals surface area contributed by atoms with E-state index in [0.717, 1.165) is 12.2 Å². The Kier molecular flexibility index (Phi) is 12.5. The minimum Gasteiger partial charge on any atom is -0.411 e. The molecule has 17 heavy (non-hydrogen) atoms. The standard InChI is InChI=1S/C12H28O2S2Si/c1-3-4-5-6-7-8-10-15-16-11-9-12-17(2,13)14/h13-14H,3-12H2,1-2H3. The Morgan fingerprint density at radius 3 is 1.94 bits per heavy atom. The molecule has 0 aromatic rings. The van der Waals surface area contributed by atoms with Gasteiger partial charge in [0.05, 0.1) is 0 Å². The van der Waals surface area contributed by atoms with Crippen LogP contribution >= 0.6 is 21.6 Å². The normalized spacial score (nSPS) is 12.0. The average Bonchev–Trinajstić information content (AvgIpc) is 2.24. The zero-order valence-corrected chi connectivity index (χ0v) is 13.9. The third-order valence-electron chi connectivity index (χ3n) is 2.54. The van der Waals surface area contributed by atoms with Crippen molar-refractivity contribution in [1.29, 1.82) is 0 Å². The van der Waals surface area contributed by atoms with E-state index < -0.39 is 8.56 Å². The van der Waals surface area contributed by atoms with Crippen molar-refractivity contribution in [3.8, 4) is 0 Å². The minimum absolute atomic E-state index is 0.609. The van der Waals surface area contributed by atoms with Gasteiger partial charge >= 0.3 is 8.56 Å². The molecule has 0 unspecified atom stereocenters. The number of hydrogen-bond donors (Lipinski definition) is 2. The van der Waals surface area contributed by atoms with Crippen LogP contribution < -0.4 is 0 Å². The van der Waals surface area contributed by atoms with Gasteiger partial charge in [0, 0.05) is 11.5 Å². The van der Waals surface area contributed by atoms with Crippen molar-refractivity contribution in [3.05, 3.63) is 0 Å². The quantitative estimate of drug-likeness (QED) is 0.322. The summed E-state index contributed by atoms with van der Waals surface area (Å²) in [5.41, 5.74) is 0. The molecule has 0 aliphatic heterocycles. The molecular weight excluding hydrogens is 268 g/mol. The zero-order chi connectivity index (χ0) is 13.0. The fourth-order valence-electron chi connectivity index (χ4n) is 1.53. The van der Waals surface area contributed by atoms with E-state index in [1.807, 2.05) is 21.6 Å². The summed E-state index contributed by atoms with van der Waals surface area (Å²) in [7, 11) is 1.04. The average molecular weight is 297 g/mol. The number of unbranched alkanes of at least 4 members (excludes halogenated alkanes) is 5. The Balaban J connectivity index is 2.99. The van der Waals surface area contributed by atoms with E-state index in [9.17, 15) is 9.59 Å². The van der Waals surface area contributed by atoms with E-state index in [2.05, 4.69) is 6.92 Å². The molecule has 5 heteroatoms. The summed E-state index contributed by atoms with van der Waals surface area (Å²) >= 11 is 0. The molecule has 2 nitrogen and oxygen atoms in total. The van der Waals surface area contributed by atoms with Crippen LogP contribution in [0.15, 0.2) is 0 Å². The van der Waals surface area contributed by atoms with Crippen LogP contribution in [0.1, 0.15) is 51.9 Å². The fourth-order valence-corrected chi connectivity index (χ4v) is 4.86. The molecule has 0 bridgehead atoms. The first-order valence-corrected chi connectivity index (χ1v) is 11.8. The molecule has 0 amide bonds. The summed E-state index contributed by atoms with van der Waals surface area (Å²) in [5, 5.41) is 0. The molecule has 0 radical (unpaired) electrons. The van der Waals surface area contributed by atoms with Gasteiger partial charge in [-0.1, -0.05) is 60.6 Å². The van der Waals surface area contributed by atoms with Crippen molar-refractivity contribution >= 4 is 30.1 Å². The van der Waals surface area contributed by atoms with Gasteiger partial charge in [-0.25, -0.2) is 0 Å². The Bertz CT molecular complexity index is 163. The Morgan fingerprint density at radius 1 is 0.824 bits per heavy atom. The lowest BCUT2D eigenvalue weighted by atomic mass is 10.1. The van der Waals surface area contributed by atoms with Crippen LogP contribution in [0.25, 0.3) is 0 Å². The molecule has 0 atom stereocenters. The predicted octanol–water partition coefficient (Wildman–Crippen LogP) is 4.18. The Hall–Kier alpha value is 0.837. The lowest BCUT2D eigenvalue weighted by molar-refractivity contribution is 0.369. The van der Waals surface area contributed by atoms with Gasteiger partial charge in [-0.3, -0.25) is 0 Å². The van der Waals surface area contributed by atoms with Crippen molar-refractivity contribution in [2.75, 3.05) is 11.5 Å². The molecule has 104 valence electrons. The fraction of sp³-hybridized carbons (Fsp3) is 1.00. The van der Waals surface area contributed by atoms with Crippen molar-refractivity contribution in [1.82, 2.24) is 0 Å². The largest absolute Gasteiger partial charge is 0.411 e. The first-order valence-electron chi connectivity index (χ1n) is 6.75. The first kappa shape index (κ1) is 17.8. The molecule has 0 saturated heterocycles. The minimum atomic E-state index is -2.77. The Labute approximate surface area is 116 Å². The van der Waals surface area contributed by atoms with E-state index >= 15 is 0 Å². The third-order valence-corrected chi connectivity index (χ3v) is 6.42. The lowest BCUT2D eigenvalue weighted by Gasteiger charge is -2.10. The summed E-state index contributed by atoms with van der Waals surface area (Å²) in [6.45, 7) is 3.83. The van der Waals surface area contributed by atoms with Crippen molar-refractivity contribution in [2.24, 2.45) is 0 Å². The van der Waals surface area contributed by atoms with Crippen LogP contribution in [-0.2, 0) is 0 Å². The van der Waals surface area contributed by atoms with Crippen LogP contribution in [0.3, 0.4) is 0 Å². The molecule has 2 N–H and O–H groups in total. The molecule has 0 aromatic heterocycles. The zero-order valence-electron chi connectivity index (χ0n) is 11.3. The second-order valence-electron chi connectivity index (χ2n) is 4.73. The lowest BCUT2D eigenvalue weighted by Crippen LogP contribution is -2.29. The van der Waals surface area contributed by atoms with Crippen molar-refractivity contribution < 1.29 is 9.59 Å². The van der Waals surface area contributed by atoms with Crippen molar-refractivity contribution in [3.63, 3.8) is 0 Å². The molecule has 0 aromatic carbocycles. The SMILES string of the molecule is CCCCCCCCSSCCC[Si](C)(O)O. The molecular formula is C12H28O2S2Si. The van der Waals surface area contributed by atoms with Gasteiger partial charge in [0.2, 0.25) is 0 Å². The third kappa shape index (κ3) is 16.8. The monoisotopic (exact) mass is 296 g/mol. The van der Waals surface area contributed by atoms with Gasteiger partial charge < -0.3 is 9.59 Å². The number of hydrogen-bond acceptors (Lipinski definition) is 4. The van der Waals surface area contributed by atoms with Gasteiger partial charge in [-0.15, -0.1) is 0 Å². The summed E-state index contributed by atoms with van der Waals surface area (Å²) < 4.78 is 0. The maximum Gasteiger partial charge on any atom is 0.329 e. The maximum absolute atomic E-state index is 9.24. The van der Waals surface area contributed by atoms with E-state index in [-0.39, 0.29) is 0 Å². The summed E-state index contributed by atoms with van der Waals surface area (Å²) in [4.78, 5) is 18.5. The summed E-state index contributed by atoms with van der Waals surface area (Å²) in [6, 6.07) is 0.609. The first-order chi connectivity index (χ1) is 8.06. The predicted molar refractivity (Wildman–Crippen MR) is 83.8 cm³/mol. The summed E-state index contributed by atoms with van der Waals surface area (Å²) in [6.07, 6.45) is 9.11. The van der Waals surface area contributed by atoms with Crippen LogP contribution in [0.5, 0.6) is 0 Å².